The van der Waals surface area contributed by atoms with Crippen molar-refractivity contribution in [1.29, 1.82) is 0 Å². The van der Waals surface area contributed by atoms with Crippen LogP contribution in [0.4, 0.5) is 11.4 Å². The highest BCUT2D eigenvalue weighted by Crippen LogP contribution is 2.29. The van der Waals surface area contributed by atoms with E-state index in [2.05, 4.69) is 48.4 Å². The van der Waals surface area contributed by atoms with E-state index in [1.807, 2.05) is 23.6 Å². The number of hydrogen-bond donors (Lipinski definition) is 1. The number of hydrogen-bond acceptors (Lipinski definition) is 6. The molecule has 1 aromatic heterocycles. The molecule has 32 heavy (non-hydrogen) atoms. The van der Waals surface area contributed by atoms with Gasteiger partial charge in [-0.2, -0.15) is 0 Å². The van der Waals surface area contributed by atoms with E-state index < -0.39 is 4.92 Å². The van der Waals surface area contributed by atoms with Gasteiger partial charge in [-0.05, 0) is 24.0 Å². The zero-order valence-corrected chi connectivity index (χ0v) is 19.8. The van der Waals surface area contributed by atoms with E-state index in [-0.39, 0.29) is 33.5 Å². The highest BCUT2D eigenvalue weighted by molar-refractivity contribution is 7.99. The van der Waals surface area contributed by atoms with Crippen LogP contribution in [0.2, 0.25) is 5.02 Å². The molecule has 0 atom stereocenters. The number of carbonyl (C=O) groups is 1. The fourth-order valence-corrected chi connectivity index (χ4v) is 4.02. The van der Waals surface area contributed by atoms with Crippen molar-refractivity contribution in [1.82, 2.24) is 14.8 Å². The number of halogens is 1. The first-order chi connectivity index (χ1) is 15.1. The topological polar surface area (TPSA) is 103 Å². The lowest BCUT2D eigenvalue weighted by atomic mass is 9.87. The molecule has 1 amide bonds. The fraction of sp³-hybridized carbons (Fsp3) is 0.318. The van der Waals surface area contributed by atoms with Gasteiger partial charge in [0.15, 0.2) is 11.0 Å². The summed E-state index contributed by atoms with van der Waals surface area (Å²) in [5.41, 5.74) is 2.29. The van der Waals surface area contributed by atoms with Gasteiger partial charge >= 0.3 is 0 Å². The average molecular weight is 474 g/mol. The molecule has 1 heterocycles. The summed E-state index contributed by atoms with van der Waals surface area (Å²) >= 11 is 7.29. The second-order valence-electron chi connectivity index (χ2n) is 8.14. The summed E-state index contributed by atoms with van der Waals surface area (Å²) in [6.45, 7) is 9.12. The molecule has 0 radical (unpaired) electrons. The predicted molar refractivity (Wildman–Crippen MR) is 127 cm³/mol. The first-order valence-corrected chi connectivity index (χ1v) is 11.4. The van der Waals surface area contributed by atoms with Crippen LogP contribution in [0.3, 0.4) is 0 Å². The fourth-order valence-electron chi connectivity index (χ4n) is 3.05. The van der Waals surface area contributed by atoms with Gasteiger partial charge in [0.2, 0.25) is 5.91 Å². The Bertz CT molecular complexity index is 1140. The summed E-state index contributed by atoms with van der Waals surface area (Å²) in [5.74, 6) is 0.442. The molecule has 3 rings (SSSR count). The van der Waals surface area contributed by atoms with Crippen LogP contribution in [-0.4, -0.2) is 31.3 Å². The lowest BCUT2D eigenvalue weighted by Gasteiger charge is -2.19. The molecule has 0 fully saturated rings. The Hall–Kier alpha value is -2.91. The normalized spacial score (nSPS) is 11.4. The molecular weight excluding hydrogens is 450 g/mol. The molecule has 0 aliphatic rings. The van der Waals surface area contributed by atoms with E-state index in [0.29, 0.717) is 11.7 Å². The molecule has 0 bridgehead atoms. The minimum atomic E-state index is -0.542. The largest absolute Gasteiger partial charge is 0.324 e. The Morgan fingerprint density at radius 1 is 1.19 bits per heavy atom. The summed E-state index contributed by atoms with van der Waals surface area (Å²) < 4.78 is 1.95. The summed E-state index contributed by atoms with van der Waals surface area (Å²) in [6.07, 6.45) is 0. The maximum atomic E-state index is 12.4. The van der Waals surface area contributed by atoms with Crippen molar-refractivity contribution in [3.05, 3.63) is 63.2 Å². The van der Waals surface area contributed by atoms with E-state index in [0.717, 1.165) is 11.4 Å². The molecule has 2 aromatic carbocycles. The maximum Gasteiger partial charge on any atom is 0.271 e. The van der Waals surface area contributed by atoms with E-state index in [1.165, 1.54) is 35.5 Å². The van der Waals surface area contributed by atoms with Crippen molar-refractivity contribution in [2.75, 3.05) is 11.1 Å². The second-order valence-corrected chi connectivity index (χ2v) is 9.49. The van der Waals surface area contributed by atoms with Crippen LogP contribution in [-0.2, 0) is 16.8 Å². The number of nitrogens with zero attached hydrogens (tertiary/aromatic N) is 4. The number of nitro benzene ring substituents is 1. The van der Waals surface area contributed by atoms with Crippen LogP contribution in [0, 0.1) is 10.1 Å². The summed E-state index contributed by atoms with van der Waals surface area (Å²) in [6, 6.07) is 12.1. The smallest absolute Gasteiger partial charge is 0.271 e. The van der Waals surface area contributed by atoms with E-state index in [1.54, 1.807) is 0 Å². The van der Waals surface area contributed by atoms with Crippen LogP contribution < -0.4 is 5.32 Å². The van der Waals surface area contributed by atoms with Gasteiger partial charge in [0.05, 0.1) is 21.4 Å². The molecular formula is C22H24ClN5O3S. The minimum absolute atomic E-state index is 0.0557. The quantitative estimate of drug-likeness (QED) is 0.274. The number of thioether (sulfide) groups is 1. The highest BCUT2D eigenvalue weighted by Gasteiger charge is 2.18. The molecule has 0 spiro atoms. The number of carbonyl (C=O) groups excluding carboxylic acids is 1. The SMILES string of the molecule is CCn1c(SCC(=O)Nc2cc([N+](=O)[O-])ccc2Cl)nnc1-c1ccc(C(C)(C)C)cc1. The number of anilines is 1. The molecule has 0 unspecified atom stereocenters. The van der Waals surface area contributed by atoms with E-state index >= 15 is 0 Å². The van der Waals surface area contributed by atoms with Gasteiger partial charge < -0.3 is 9.88 Å². The Labute approximate surface area is 195 Å². The number of nitrogens with one attached hydrogen (secondary N) is 1. The Balaban J connectivity index is 1.71. The van der Waals surface area contributed by atoms with Gasteiger partial charge in [-0.3, -0.25) is 14.9 Å². The van der Waals surface area contributed by atoms with Crippen LogP contribution in [0.1, 0.15) is 33.3 Å². The number of amides is 1. The molecule has 168 valence electrons. The number of nitro groups is 1. The molecule has 3 aromatic rings. The lowest BCUT2D eigenvalue weighted by molar-refractivity contribution is -0.384. The van der Waals surface area contributed by atoms with Crippen molar-refractivity contribution < 1.29 is 9.72 Å². The summed E-state index contributed by atoms with van der Waals surface area (Å²) in [7, 11) is 0. The molecule has 0 saturated carbocycles. The summed E-state index contributed by atoms with van der Waals surface area (Å²) in [5, 5.41) is 23.0. The molecule has 1 N–H and O–H groups in total. The van der Waals surface area contributed by atoms with Crippen LogP contribution >= 0.6 is 23.4 Å². The van der Waals surface area contributed by atoms with Crippen LogP contribution in [0.25, 0.3) is 11.4 Å². The Morgan fingerprint density at radius 2 is 1.88 bits per heavy atom. The number of non-ortho nitro benzene ring substituents is 1. The van der Waals surface area contributed by atoms with E-state index in [9.17, 15) is 14.9 Å². The van der Waals surface area contributed by atoms with Crippen molar-refractivity contribution in [2.45, 2.75) is 44.8 Å². The molecule has 0 aliphatic carbocycles. The third-order valence-corrected chi connectivity index (χ3v) is 6.11. The number of benzene rings is 2. The molecule has 10 heteroatoms. The minimum Gasteiger partial charge on any atom is -0.324 e. The van der Waals surface area contributed by atoms with E-state index in [4.69, 9.17) is 11.6 Å². The molecule has 0 aliphatic heterocycles. The Morgan fingerprint density at radius 3 is 2.47 bits per heavy atom. The number of aromatic nitrogens is 3. The van der Waals surface area contributed by atoms with Gasteiger partial charge in [0.25, 0.3) is 5.69 Å². The second kappa shape index (κ2) is 9.70. The zero-order chi connectivity index (χ0) is 23.5. The maximum absolute atomic E-state index is 12.4. The first-order valence-electron chi connectivity index (χ1n) is 10.0. The monoisotopic (exact) mass is 473 g/mol. The van der Waals surface area contributed by atoms with Gasteiger partial charge in [-0.25, -0.2) is 0 Å². The van der Waals surface area contributed by atoms with Crippen molar-refractivity contribution in [3.63, 3.8) is 0 Å². The predicted octanol–water partition coefficient (Wildman–Crippen LogP) is 5.55. The first kappa shape index (κ1) is 23.7. The van der Waals surface area contributed by atoms with Gasteiger partial charge in [0, 0.05) is 24.2 Å². The third-order valence-electron chi connectivity index (χ3n) is 4.81. The molecule has 0 saturated heterocycles. The van der Waals surface area contributed by atoms with Crippen molar-refractivity contribution in [3.8, 4) is 11.4 Å². The van der Waals surface area contributed by atoms with Gasteiger partial charge in [-0.1, -0.05) is 68.4 Å². The van der Waals surface area contributed by atoms with Gasteiger partial charge in [-0.15, -0.1) is 10.2 Å². The average Bonchev–Trinajstić information content (AvgIpc) is 3.16. The standard InChI is InChI=1S/C22H24ClN5O3S/c1-5-27-20(14-6-8-15(9-7-14)22(2,3)4)25-26-21(27)32-13-19(29)24-18-12-16(28(30)31)10-11-17(18)23/h6-12H,5,13H2,1-4H3,(H,24,29). The third kappa shape index (κ3) is 5.46. The Kier molecular flexibility index (Phi) is 7.20. The zero-order valence-electron chi connectivity index (χ0n) is 18.3. The van der Waals surface area contributed by atoms with Crippen molar-refractivity contribution in [2.24, 2.45) is 0 Å². The number of rotatable bonds is 7. The summed E-state index contributed by atoms with van der Waals surface area (Å²) in [4.78, 5) is 22.8. The molecule has 8 nitrogen and oxygen atoms in total. The van der Waals surface area contributed by atoms with Gasteiger partial charge in [0.1, 0.15) is 0 Å². The van der Waals surface area contributed by atoms with Crippen LogP contribution in [0.5, 0.6) is 0 Å². The van der Waals surface area contributed by atoms with Crippen LogP contribution in [0.15, 0.2) is 47.6 Å². The highest BCUT2D eigenvalue weighted by atomic mass is 35.5. The van der Waals surface area contributed by atoms with Crippen molar-refractivity contribution >= 4 is 40.6 Å². The lowest BCUT2D eigenvalue weighted by Crippen LogP contribution is -2.15.